The van der Waals surface area contributed by atoms with Gasteiger partial charge in [0.1, 0.15) is 97.7 Å². The van der Waals surface area contributed by atoms with Crippen molar-refractivity contribution in [2.24, 2.45) is 0 Å². The predicted molar refractivity (Wildman–Crippen MR) is 143 cm³/mol. The molecule has 23 nitrogen and oxygen atoms in total. The summed E-state index contributed by atoms with van der Waals surface area (Å²) in [6.07, 6.45) is -29.0. The molecule has 0 aliphatic carbocycles. The zero-order chi connectivity index (χ0) is 36.8. The number of aldehydes is 2. The normalized spacial score (nSPS) is 36.0. The Morgan fingerprint density at radius 2 is 0.936 bits per heavy atom. The Balaban J connectivity index is 0.000000749. The van der Waals surface area contributed by atoms with Crippen LogP contribution in [0.1, 0.15) is 0 Å². The van der Waals surface area contributed by atoms with Crippen LogP contribution in [0.25, 0.3) is 0 Å². The average Bonchev–Trinajstić information content (AvgIpc) is 3.08. The van der Waals surface area contributed by atoms with Crippen LogP contribution in [0.3, 0.4) is 0 Å². The van der Waals surface area contributed by atoms with Gasteiger partial charge in [-0.05, 0) is 0 Å². The predicted octanol–water partition coefficient (Wildman–Crippen LogP) is -12.2. The molecule has 0 aromatic carbocycles. The summed E-state index contributed by atoms with van der Waals surface area (Å²) in [4.78, 5) is 19.8. The molecule has 2 aliphatic rings. The van der Waals surface area contributed by atoms with Crippen molar-refractivity contribution >= 4 is 12.6 Å². The third-order valence-corrected chi connectivity index (χ3v) is 6.80. The summed E-state index contributed by atoms with van der Waals surface area (Å²) in [7, 11) is 0. The van der Waals surface area contributed by atoms with Gasteiger partial charge in [0.15, 0.2) is 25.2 Å². The molecular formula is C24H46O23. The molecular weight excluding hydrogens is 656 g/mol. The maximum absolute atomic E-state index is 9.90. The van der Waals surface area contributed by atoms with Gasteiger partial charge in [-0.25, -0.2) is 0 Å². The lowest BCUT2D eigenvalue weighted by Gasteiger charge is -2.41. The fourth-order valence-electron chi connectivity index (χ4n) is 3.70. The second-order valence-electron chi connectivity index (χ2n) is 10.3. The van der Waals surface area contributed by atoms with Crippen molar-refractivity contribution in [3.63, 3.8) is 0 Å². The molecule has 2 saturated heterocycles. The van der Waals surface area contributed by atoms with Crippen LogP contribution in [0.4, 0.5) is 0 Å². The lowest BCUT2D eigenvalue weighted by molar-refractivity contribution is -0.325. The second-order valence-corrected chi connectivity index (χ2v) is 10.3. The van der Waals surface area contributed by atoms with Gasteiger partial charge in [0.05, 0.1) is 26.4 Å². The van der Waals surface area contributed by atoms with Crippen molar-refractivity contribution < 1.29 is 116 Å². The highest BCUT2D eigenvalue weighted by Crippen LogP contribution is 2.24. The molecule has 0 amide bonds. The maximum atomic E-state index is 9.90. The SMILES string of the molecule is O=C[C@H](O)[C@@H](O)[C@@H](O)[C@H](O)CO.O=C[C@H](O)[C@@H](O)[C@H](O)[C@H](O)CO.OC[C@H]1O[C@H](OC[C@H]2O[C@@H](O)[C@H](O)[C@@H](O)[C@@H]2O)[C@H](O)[C@@H](O)[C@H]1O. The Kier molecular flexibility index (Phi) is 21.6. The van der Waals surface area contributed by atoms with Gasteiger partial charge >= 0.3 is 0 Å². The zero-order valence-corrected chi connectivity index (χ0v) is 24.5. The standard InChI is InChI=1S/C12H22O11.2C6H12O6/c13-1-3-5(14)8(17)10(19)12(23-3)21-2-4-6(15)7(16)9(18)11(20)22-4;2*7-1-3(9)5(11)6(12)4(10)2-8/h3-20H,1-2H2;2*1,3-6,8-12H,2H2/t3-,4-,5+,6-,7+,8+,9-,10-,11-,12+;3-,4+,5+,6+;3-,4+,5+,6-/m100/s1. The van der Waals surface area contributed by atoms with E-state index in [0.717, 1.165) is 0 Å². The largest absolute Gasteiger partial charge is 0.394 e. The maximum Gasteiger partial charge on any atom is 0.186 e. The molecule has 0 spiro atoms. The minimum Gasteiger partial charge on any atom is -0.394 e. The molecule has 0 saturated carbocycles. The van der Waals surface area contributed by atoms with Gasteiger partial charge < -0.3 is 116 Å². The number of carbonyl (C=O) groups excluding carboxylic acids is 2. The van der Waals surface area contributed by atoms with E-state index in [1.165, 1.54) is 0 Å². The fourth-order valence-corrected chi connectivity index (χ4v) is 3.70. The monoisotopic (exact) mass is 702 g/mol. The van der Waals surface area contributed by atoms with Crippen LogP contribution in [0, 0.1) is 0 Å². The summed E-state index contributed by atoms with van der Waals surface area (Å²) in [6.45, 7) is -2.62. The average molecular weight is 703 g/mol. The number of aliphatic hydroxyl groups excluding tert-OH is 18. The molecule has 0 aromatic heterocycles. The van der Waals surface area contributed by atoms with Crippen molar-refractivity contribution in [1.82, 2.24) is 0 Å². The van der Waals surface area contributed by atoms with E-state index < -0.39 is 137 Å². The summed E-state index contributed by atoms with van der Waals surface area (Å²) in [5, 5.41) is 163. The van der Waals surface area contributed by atoms with Gasteiger partial charge in [0.25, 0.3) is 0 Å². The number of rotatable bonds is 14. The summed E-state index contributed by atoms with van der Waals surface area (Å²) in [6, 6.07) is 0. The summed E-state index contributed by atoms with van der Waals surface area (Å²) >= 11 is 0. The molecule has 0 unspecified atom stereocenters. The van der Waals surface area contributed by atoms with Gasteiger partial charge in [0.2, 0.25) is 0 Å². The molecule has 47 heavy (non-hydrogen) atoms. The minimum atomic E-state index is -1.79. The lowest BCUT2D eigenvalue weighted by Crippen LogP contribution is -2.61. The van der Waals surface area contributed by atoms with Gasteiger partial charge in [-0.15, -0.1) is 0 Å². The number of aliphatic hydroxyl groups is 18. The minimum absolute atomic E-state index is 0.0258. The van der Waals surface area contributed by atoms with E-state index in [4.69, 9.17) is 70.4 Å². The van der Waals surface area contributed by atoms with E-state index in [2.05, 4.69) is 0 Å². The molecule has 0 aromatic rings. The van der Waals surface area contributed by atoms with Crippen LogP contribution in [-0.2, 0) is 23.8 Å². The van der Waals surface area contributed by atoms with Gasteiger partial charge in [0, 0.05) is 0 Å². The Morgan fingerprint density at radius 3 is 1.32 bits per heavy atom. The highest BCUT2D eigenvalue weighted by molar-refractivity contribution is 5.57. The van der Waals surface area contributed by atoms with Gasteiger partial charge in [-0.2, -0.15) is 0 Å². The molecule has 0 bridgehead atoms. The number of carbonyl (C=O) groups is 2. The second kappa shape index (κ2) is 22.3. The van der Waals surface area contributed by atoms with E-state index in [1.807, 2.05) is 0 Å². The van der Waals surface area contributed by atoms with Crippen LogP contribution in [0.2, 0.25) is 0 Å². The molecule has 2 heterocycles. The first-order valence-corrected chi connectivity index (χ1v) is 13.7. The smallest absolute Gasteiger partial charge is 0.186 e. The number of hydrogen-bond acceptors (Lipinski definition) is 23. The van der Waals surface area contributed by atoms with E-state index >= 15 is 0 Å². The van der Waals surface area contributed by atoms with Crippen molar-refractivity contribution in [2.75, 3.05) is 26.4 Å². The Bertz CT molecular complexity index is 822. The lowest BCUT2D eigenvalue weighted by atomic mass is 9.98. The highest BCUT2D eigenvalue weighted by atomic mass is 16.7. The molecule has 23 heteroatoms. The molecule has 18 N–H and O–H groups in total. The number of hydrogen-bond donors (Lipinski definition) is 18. The zero-order valence-electron chi connectivity index (χ0n) is 24.5. The number of ether oxygens (including phenoxy) is 3. The van der Waals surface area contributed by atoms with E-state index in [0.29, 0.717) is 0 Å². The van der Waals surface area contributed by atoms with Gasteiger partial charge in [-0.3, -0.25) is 0 Å². The first-order chi connectivity index (χ1) is 21.9. The first-order valence-electron chi connectivity index (χ1n) is 13.7. The topological polar surface area (TPSA) is 426 Å². The van der Waals surface area contributed by atoms with Crippen molar-refractivity contribution in [3.8, 4) is 0 Å². The van der Waals surface area contributed by atoms with Crippen molar-refractivity contribution in [2.45, 2.75) is 110 Å². The van der Waals surface area contributed by atoms with Crippen LogP contribution < -0.4 is 0 Å². The van der Waals surface area contributed by atoms with Crippen molar-refractivity contribution in [3.05, 3.63) is 0 Å². The van der Waals surface area contributed by atoms with Crippen LogP contribution in [0.15, 0.2) is 0 Å². The summed E-state index contributed by atoms with van der Waals surface area (Å²) in [5.41, 5.74) is 0. The molecule has 0 radical (unpaired) electrons. The van der Waals surface area contributed by atoms with Crippen LogP contribution in [0.5, 0.6) is 0 Å². The van der Waals surface area contributed by atoms with Crippen LogP contribution >= 0.6 is 0 Å². The molecule has 2 fully saturated rings. The Hall–Kier alpha value is -1.50. The molecule has 280 valence electrons. The molecule has 2 aliphatic heterocycles. The first kappa shape index (κ1) is 45.5. The molecule has 18 atom stereocenters. The summed E-state index contributed by atoms with van der Waals surface area (Å²) in [5.74, 6) is 0. The fraction of sp³-hybridized carbons (Fsp3) is 0.917. The summed E-state index contributed by atoms with van der Waals surface area (Å²) < 4.78 is 15.1. The quantitative estimate of drug-likeness (QED) is 0.0747. The highest BCUT2D eigenvalue weighted by Gasteiger charge is 2.46. The van der Waals surface area contributed by atoms with E-state index in [9.17, 15) is 45.3 Å². The molecule has 2 rings (SSSR count). The van der Waals surface area contributed by atoms with Crippen LogP contribution in [-0.4, -0.2) is 241 Å². The van der Waals surface area contributed by atoms with Crippen molar-refractivity contribution in [1.29, 1.82) is 0 Å². The van der Waals surface area contributed by atoms with E-state index in [1.54, 1.807) is 0 Å². The van der Waals surface area contributed by atoms with E-state index in [-0.39, 0.29) is 12.6 Å². The Labute approximate surface area is 265 Å². The Morgan fingerprint density at radius 1 is 0.532 bits per heavy atom. The third-order valence-electron chi connectivity index (χ3n) is 6.80. The third kappa shape index (κ3) is 13.4. The van der Waals surface area contributed by atoms with Gasteiger partial charge in [-0.1, -0.05) is 0 Å².